The molecule has 4 rings (SSSR count). The van der Waals surface area contributed by atoms with Crippen LogP contribution in [0.5, 0.6) is 5.75 Å². The first-order chi connectivity index (χ1) is 17.1. The number of ether oxygens (including phenoxy) is 1. The number of aromatic amines is 1. The second-order valence-electron chi connectivity index (χ2n) is 8.25. The number of benzene rings is 2. The van der Waals surface area contributed by atoms with Gasteiger partial charge in [-0.3, -0.25) is 14.4 Å². The maximum absolute atomic E-state index is 13.1. The molecule has 188 valence electrons. The van der Waals surface area contributed by atoms with E-state index >= 15 is 0 Å². The van der Waals surface area contributed by atoms with Gasteiger partial charge in [0.05, 0.1) is 11.1 Å². The van der Waals surface area contributed by atoms with Gasteiger partial charge in [0.2, 0.25) is 0 Å². The van der Waals surface area contributed by atoms with Crippen molar-refractivity contribution in [3.63, 3.8) is 0 Å². The van der Waals surface area contributed by atoms with Gasteiger partial charge < -0.3 is 19.9 Å². The van der Waals surface area contributed by atoms with Crippen molar-refractivity contribution in [3.05, 3.63) is 98.9 Å². The summed E-state index contributed by atoms with van der Waals surface area (Å²) < 4.78 is 42.5. The minimum atomic E-state index is -4.95. The van der Waals surface area contributed by atoms with Crippen LogP contribution in [0, 0.1) is 0 Å². The number of para-hydroxylation sites is 1. The minimum absolute atomic E-state index is 0.109. The molecule has 0 unspecified atom stereocenters. The summed E-state index contributed by atoms with van der Waals surface area (Å²) in [4.78, 5) is 41.7. The number of carbonyl (C=O) groups is 2. The number of halogens is 4. The summed E-state index contributed by atoms with van der Waals surface area (Å²) in [5.41, 5.74) is 0.307. The van der Waals surface area contributed by atoms with Gasteiger partial charge in [-0.25, -0.2) is 0 Å². The molecule has 11 heteroatoms. The Morgan fingerprint density at radius 3 is 2.47 bits per heavy atom. The Hall–Kier alpha value is -3.79. The third-order valence-corrected chi connectivity index (χ3v) is 6.19. The highest BCUT2D eigenvalue weighted by molar-refractivity contribution is 6.30. The first-order valence-corrected chi connectivity index (χ1v) is 11.4. The lowest BCUT2D eigenvalue weighted by Crippen LogP contribution is -2.51. The molecule has 0 spiro atoms. The Kier molecular flexibility index (Phi) is 7.35. The fraction of sp³-hybridized carbons (Fsp3) is 0.240. The van der Waals surface area contributed by atoms with Gasteiger partial charge in [0, 0.05) is 31.2 Å². The maximum atomic E-state index is 13.1. The summed E-state index contributed by atoms with van der Waals surface area (Å²) in [6.45, 7) is 0.496. The molecule has 1 aromatic heterocycles. The van der Waals surface area contributed by atoms with E-state index in [1.54, 1.807) is 4.90 Å². The number of likely N-dealkylation sites (tertiary alicyclic amines) is 1. The van der Waals surface area contributed by atoms with E-state index in [9.17, 15) is 27.6 Å². The highest BCUT2D eigenvalue weighted by Crippen LogP contribution is 2.30. The van der Waals surface area contributed by atoms with Crippen LogP contribution in [0.1, 0.15) is 38.6 Å². The minimum Gasteiger partial charge on any atom is -0.405 e. The van der Waals surface area contributed by atoms with Gasteiger partial charge in [-0.05, 0) is 30.2 Å². The third kappa shape index (κ3) is 5.88. The summed E-state index contributed by atoms with van der Waals surface area (Å²) in [7, 11) is 0. The van der Waals surface area contributed by atoms with Gasteiger partial charge >= 0.3 is 6.36 Å². The number of carbonyl (C=O) groups excluding carboxylic acids is 2. The molecule has 0 radical (unpaired) electrons. The van der Waals surface area contributed by atoms with Crippen LogP contribution in [0.2, 0.25) is 5.02 Å². The standard InChI is InChI=1S/C25H21ClF3N3O4/c26-19-12-16(13-30-23(19)34)24(35)32-11-10-20(18(14-32)15-6-2-1-3-7-15)31-22(33)17-8-4-5-9-21(17)36-25(27,28)29/h1-9,12-13,18,20H,10-11,14H2,(H,30,34)(H,31,33)/t18-,20-/m1/s1. The van der Waals surface area contributed by atoms with Crippen LogP contribution in [0.3, 0.4) is 0 Å². The third-order valence-electron chi connectivity index (χ3n) is 5.91. The number of H-pyrrole nitrogens is 1. The molecule has 0 bridgehead atoms. The topological polar surface area (TPSA) is 91.5 Å². The van der Waals surface area contributed by atoms with Crippen LogP contribution < -0.4 is 15.6 Å². The fourth-order valence-corrected chi connectivity index (χ4v) is 4.40. The van der Waals surface area contributed by atoms with Gasteiger partial charge in [-0.2, -0.15) is 0 Å². The van der Waals surface area contributed by atoms with Gasteiger partial charge in [-0.1, -0.05) is 54.1 Å². The van der Waals surface area contributed by atoms with Crippen molar-refractivity contribution in [2.75, 3.05) is 13.1 Å². The Labute approximate surface area is 208 Å². The molecule has 36 heavy (non-hydrogen) atoms. The van der Waals surface area contributed by atoms with Crippen molar-refractivity contribution < 1.29 is 27.5 Å². The van der Waals surface area contributed by atoms with E-state index in [0.29, 0.717) is 6.42 Å². The molecule has 0 aliphatic carbocycles. The monoisotopic (exact) mass is 519 g/mol. The predicted molar refractivity (Wildman–Crippen MR) is 126 cm³/mol. The molecule has 2 aromatic carbocycles. The number of alkyl halides is 3. The molecule has 1 aliphatic rings. The summed E-state index contributed by atoms with van der Waals surface area (Å²) in [5, 5.41) is 2.72. The highest BCUT2D eigenvalue weighted by Gasteiger charge is 2.36. The van der Waals surface area contributed by atoms with Crippen molar-refractivity contribution in [2.45, 2.75) is 24.7 Å². The van der Waals surface area contributed by atoms with E-state index in [4.69, 9.17) is 11.6 Å². The number of amides is 2. The second kappa shape index (κ2) is 10.4. The Morgan fingerprint density at radius 1 is 1.08 bits per heavy atom. The van der Waals surface area contributed by atoms with Crippen LogP contribution in [-0.2, 0) is 0 Å². The lowest BCUT2D eigenvalue weighted by atomic mass is 9.85. The zero-order chi connectivity index (χ0) is 25.9. The Bertz CT molecular complexity index is 1310. The molecule has 2 amide bonds. The van der Waals surface area contributed by atoms with Crippen molar-refractivity contribution >= 4 is 23.4 Å². The van der Waals surface area contributed by atoms with E-state index in [1.807, 2.05) is 30.3 Å². The predicted octanol–water partition coefficient (Wildman–Crippen LogP) is 4.36. The number of hydrogen-bond acceptors (Lipinski definition) is 4. The van der Waals surface area contributed by atoms with Crippen LogP contribution >= 0.6 is 11.6 Å². The number of hydrogen-bond donors (Lipinski definition) is 2. The molecule has 1 saturated heterocycles. The molecular weight excluding hydrogens is 499 g/mol. The van der Waals surface area contributed by atoms with Gasteiger partial charge in [0.15, 0.2) is 0 Å². The van der Waals surface area contributed by atoms with E-state index in [2.05, 4.69) is 15.0 Å². The number of aromatic nitrogens is 1. The van der Waals surface area contributed by atoms with Gasteiger partial charge in [0.25, 0.3) is 17.4 Å². The molecule has 2 N–H and O–H groups in total. The number of rotatable bonds is 5. The van der Waals surface area contributed by atoms with Crippen molar-refractivity contribution in [3.8, 4) is 5.75 Å². The first-order valence-electron chi connectivity index (χ1n) is 11.0. The molecule has 1 aliphatic heterocycles. The number of nitrogens with one attached hydrogen (secondary N) is 2. The Balaban J connectivity index is 1.57. The van der Waals surface area contributed by atoms with Gasteiger partial charge in [0.1, 0.15) is 10.8 Å². The molecule has 2 atom stereocenters. The zero-order valence-electron chi connectivity index (χ0n) is 18.7. The molecular formula is C25H21ClF3N3O4. The van der Waals surface area contributed by atoms with Crippen LogP contribution in [-0.4, -0.2) is 47.2 Å². The van der Waals surface area contributed by atoms with Crippen LogP contribution in [0.25, 0.3) is 0 Å². The fourth-order valence-electron chi connectivity index (χ4n) is 4.22. The van der Waals surface area contributed by atoms with Crippen LogP contribution in [0.15, 0.2) is 71.7 Å². The average Bonchev–Trinajstić information content (AvgIpc) is 2.85. The lowest BCUT2D eigenvalue weighted by Gasteiger charge is -2.39. The molecule has 3 aromatic rings. The SMILES string of the molecule is O=C(N[C@@H]1CCN(C(=O)c2c[nH]c(=O)c(Cl)c2)C[C@@H]1c1ccccc1)c1ccccc1OC(F)(F)F. The van der Waals surface area contributed by atoms with Crippen molar-refractivity contribution in [1.82, 2.24) is 15.2 Å². The molecule has 2 heterocycles. The molecule has 7 nitrogen and oxygen atoms in total. The average molecular weight is 520 g/mol. The summed E-state index contributed by atoms with van der Waals surface area (Å²) in [6.07, 6.45) is -3.31. The van der Waals surface area contributed by atoms with E-state index in [1.165, 1.54) is 30.5 Å². The summed E-state index contributed by atoms with van der Waals surface area (Å²) in [5.74, 6) is -2.00. The summed E-state index contributed by atoms with van der Waals surface area (Å²) >= 11 is 5.87. The Morgan fingerprint density at radius 2 is 1.78 bits per heavy atom. The smallest absolute Gasteiger partial charge is 0.405 e. The normalized spacial score (nSPS) is 17.9. The highest BCUT2D eigenvalue weighted by atomic mass is 35.5. The quantitative estimate of drug-likeness (QED) is 0.524. The number of nitrogens with zero attached hydrogens (tertiary/aromatic N) is 1. The first kappa shape index (κ1) is 25.3. The van der Waals surface area contributed by atoms with Crippen molar-refractivity contribution in [1.29, 1.82) is 0 Å². The second-order valence-corrected chi connectivity index (χ2v) is 8.65. The summed E-state index contributed by atoms with van der Waals surface area (Å²) in [6, 6.07) is 15.1. The number of pyridine rings is 1. The molecule has 0 saturated carbocycles. The van der Waals surface area contributed by atoms with Crippen molar-refractivity contribution in [2.24, 2.45) is 0 Å². The zero-order valence-corrected chi connectivity index (χ0v) is 19.5. The molecule has 1 fully saturated rings. The van der Waals surface area contributed by atoms with E-state index in [0.717, 1.165) is 11.6 Å². The van der Waals surface area contributed by atoms with E-state index in [-0.39, 0.29) is 41.1 Å². The lowest BCUT2D eigenvalue weighted by molar-refractivity contribution is -0.274. The maximum Gasteiger partial charge on any atom is 0.573 e. The number of piperidine rings is 1. The van der Waals surface area contributed by atoms with Crippen LogP contribution in [0.4, 0.5) is 13.2 Å². The van der Waals surface area contributed by atoms with E-state index < -0.39 is 29.6 Å². The largest absolute Gasteiger partial charge is 0.573 e. The van der Waals surface area contributed by atoms with Gasteiger partial charge in [-0.15, -0.1) is 13.2 Å².